The Morgan fingerprint density at radius 3 is 2.72 bits per heavy atom. The minimum absolute atomic E-state index is 0.506. The minimum Gasteiger partial charge on any atom is -0.389 e. The van der Waals surface area contributed by atoms with Gasteiger partial charge in [-0.05, 0) is 25.7 Å². The number of rotatable bonds is 7. The molecule has 1 heterocycles. The molecule has 18 heavy (non-hydrogen) atoms. The van der Waals surface area contributed by atoms with Crippen LogP contribution in [0.3, 0.4) is 0 Å². The van der Waals surface area contributed by atoms with Gasteiger partial charge in [0.1, 0.15) is 0 Å². The molecule has 0 fully saturated rings. The highest BCUT2D eigenvalue weighted by Crippen LogP contribution is 2.15. The third kappa shape index (κ3) is 4.78. The highest BCUT2D eigenvalue weighted by atomic mass is 16.3. The molecular formula is C14H27N3O. The molecule has 0 saturated heterocycles. The van der Waals surface area contributed by atoms with E-state index < -0.39 is 5.60 Å². The number of nitrogens with zero attached hydrogens (tertiary/aromatic N) is 2. The van der Waals surface area contributed by atoms with Gasteiger partial charge >= 0.3 is 0 Å². The van der Waals surface area contributed by atoms with Gasteiger partial charge in [0.25, 0.3) is 0 Å². The molecule has 4 heteroatoms. The molecule has 1 rings (SSSR count). The molecule has 0 aliphatic carbocycles. The lowest BCUT2D eigenvalue weighted by Crippen LogP contribution is -2.38. The second kappa shape index (κ2) is 6.34. The van der Waals surface area contributed by atoms with Gasteiger partial charge in [0, 0.05) is 31.9 Å². The fourth-order valence-electron chi connectivity index (χ4n) is 2.45. The largest absolute Gasteiger partial charge is 0.389 e. The summed E-state index contributed by atoms with van der Waals surface area (Å²) in [7, 11) is 1.94. The summed E-state index contributed by atoms with van der Waals surface area (Å²) in [5.41, 5.74) is 1.72. The lowest BCUT2D eigenvalue weighted by atomic mass is 9.94. The monoisotopic (exact) mass is 253 g/mol. The first-order valence-corrected chi connectivity index (χ1v) is 6.78. The van der Waals surface area contributed by atoms with Crippen molar-refractivity contribution in [3.05, 3.63) is 17.5 Å². The van der Waals surface area contributed by atoms with Crippen LogP contribution in [-0.2, 0) is 20.0 Å². The molecule has 0 saturated carbocycles. The molecule has 0 spiro atoms. The number of aliphatic hydroxyl groups is 1. The summed E-state index contributed by atoms with van der Waals surface area (Å²) in [6.07, 6.45) is 3.80. The Bertz CT molecular complexity index is 369. The average Bonchev–Trinajstić information content (AvgIpc) is 2.56. The summed E-state index contributed by atoms with van der Waals surface area (Å²) in [5, 5.41) is 18.0. The number of nitrogens with one attached hydrogen (secondary N) is 1. The smallest absolute Gasteiger partial charge is 0.0746 e. The van der Waals surface area contributed by atoms with E-state index in [2.05, 4.69) is 31.2 Å². The van der Waals surface area contributed by atoms with Crippen LogP contribution < -0.4 is 5.32 Å². The van der Waals surface area contributed by atoms with Gasteiger partial charge in [0.05, 0.1) is 11.3 Å². The van der Waals surface area contributed by atoms with Crippen molar-refractivity contribution >= 4 is 0 Å². The van der Waals surface area contributed by atoms with Crippen molar-refractivity contribution in [2.24, 2.45) is 13.0 Å². The fourth-order valence-corrected chi connectivity index (χ4v) is 2.45. The van der Waals surface area contributed by atoms with Crippen molar-refractivity contribution in [3.8, 4) is 0 Å². The highest BCUT2D eigenvalue weighted by Gasteiger charge is 2.21. The zero-order valence-corrected chi connectivity index (χ0v) is 12.3. The number of hydrogen-bond acceptors (Lipinski definition) is 3. The van der Waals surface area contributed by atoms with E-state index in [1.807, 2.05) is 24.9 Å². The summed E-state index contributed by atoms with van der Waals surface area (Å²) in [4.78, 5) is 0. The van der Waals surface area contributed by atoms with E-state index in [9.17, 15) is 5.11 Å². The van der Waals surface area contributed by atoms with Crippen LogP contribution in [-0.4, -0.2) is 27.0 Å². The number of aromatic nitrogens is 2. The number of hydrogen-bond donors (Lipinski definition) is 2. The van der Waals surface area contributed by atoms with E-state index in [0.717, 1.165) is 25.1 Å². The van der Waals surface area contributed by atoms with E-state index in [0.29, 0.717) is 12.5 Å². The minimum atomic E-state index is -0.636. The summed E-state index contributed by atoms with van der Waals surface area (Å²) in [5.74, 6) is 0.506. The highest BCUT2D eigenvalue weighted by molar-refractivity contribution is 5.16. The Balaban J connectivity index is 2.45. The molecule has 0 amide bonds. The van der Waals surface area contributed by atoms with Crippen molar-refractivity contribution < 1.29 is 5.11 Å². The molecule has 0 aliphatic heterocycles. The SMILES string of the molecule is CCc1nn(C)cc1CNCC(C)(O)CC(C)C. The first kappa shape index (κ1) is 15.2. The van der Waals surface area contributed by atoms with Gasteiger partial charge in [-0.2, -0.15) is 5.10 Å². The summed E-state index contributed by atoms with van der Waals surface area (Å²) >= 11 is 0. The van der Waals surface area contributed by atoms with Gasteiger partial charge in [0.15, 0.2) is 0 Å². The van der Waals surface area contributed by atoms with E-state index in [-0.39, 0.29) is 0 Å². The summed E-state index contributed by atoms with van der Waals surface area (Å²) < 4.78 is 1.85. The third-order valence-corrected chi connectivity index (χ3v) is 3.00. The summed E-state index contributed by atoms with van der Waals surface area (Å²) in [6.45, 7) is 9.65. The molecule has 4 nitrogen and oxygen atoms in total. The average molecular weight is 253 g/mol. The van der Waals surface area contributed by atoms with Crippen LogP contribution in [0.1, 0.15) is 45.4 Å². The molecule has 0 aliphatic rings. The predicted octanol–water partition coefficient (Wildman–Crippen LogP) is 1.87. The van der Waals surface area contributed by atoms with Crippen molar-refractivity contribution in [1.29, 1.82) is 0 Å². The van der Waals surface area contributed by atoms with Crippen molar-refractivity contribution in [2.75, 3.05) is 6.54 Å². The maximum Gasteiger partial charge on any atom is 0.0746 e. The second-order valence-corrected chi connectivity index (χ2v) is 5.83. The van der Waals surface area contributed by atoms with Crippen molar-refractivity contribution in [1.82, 2.24) is 15.1 Å². The first-order chi connectivity index (χ1) is 8.34. The Labute approximate surface area is 110 Å². The van der Waals surface area contributed by atoms with E-state index in [4.69, 9.17) is 0 Å². The summed E-state index contributed by atoms with van der Waals surface area (Å²) in [6, 6.07) is 0. The maximum atomic E-state index is 10.2. The molecular weight excluding hydrogens is 226 g/mol. The van der Waals surface area contributed by atoms with Crippen LogP contribution in [0.15, 0.2) is 6.20 Å². The molecule has 1 aromatic rings. The lowest BCUT2D eigenvalue weighted by Gasteiger charge is -2.25. The molecule has 1 atom stereocenters. The molecule has 0 aromatic carbocycles. The second-order valence-electron chi connectivity index (χ2n) is 5.83. The fraction of sp³-hybridized carbons (Fsp3) is 0.786. The van der Waals surface area contributed by atoms with Gasteiger partial charge in [0.2, 0.25) is 0 Å². The molecule has 1 aromatic heterocycles. The van der Waals surface area contributed by atoms with Gasteiger partial charge in [-0.15, -0.1) is 0 Å². The zero-order chi connectivity index (χ0) is 13.8. The van der Waals surface area contributed by atoms with Crippen LogP contribution >= 0.6 is 0 Å². The van der Waals surface area contributed by atoms with Gasteiger partial charge in [-0.25, -0.2) is 0 Å². The Hall–Kier alpha value is -0.870. The van der Waals surface area contributed by atoms with E-state index in [1.165, 1.54) is 5.56 Å². The topological polar surface area (TPSA) is 50.1 Å². The predicted molar refractivity (Wildman–Crippen MR) is 74.4 cm³/mol. The first-order valence-electron chi connectivity index (χ1n) is 6.78. The van der Waals surface area contributed by atoms with Gasteiger partial charge in [-0.1, -0.05) is 20.8 Å². The molecule has 0 bridgehead atoms. The molecule has 104 valence electrons. The standard InChI is InChI=1S/C14H27N3O/c1-6-13-12(9-17(5)16-13)8-15-10-14(4,18)7-11(2)3/h9,11,15,18H,6-8,10H2,1-5H3. The van der Waals surface area contributed by atoms with Gasteiger partial charge < -0.3 is 10.4 Å². The van der Waals surface area contributed by atoms with Crippen molar-refractivity contribution in [3.63, 3.8) is 0 Å². The molecule has 2 N–H and O–H groups in total. The molecule has 0 radical (unpaired) electrons. The third-order valence-electron chi connectivity index (χ3n) is 3.00. The van der Waals surface area contributed by atoms with Crippen LogP contribution in [0.4, 0.5) is 0 Å². The maximum absolute atomic E-state index is 10.2. The Morgan fingerprint density at radius 2 is 2.17 bits per heavy atom. The van der Waals surface area contributed by atoms with Crippen LogP contribution in [0.25, 0.3) is 0 Å². The van der Waals surface area contributed by atoms with Crippen LogP contribution in [0, 0.1) is 5.92 Å². The van der Waals surface area contributed by atoms with Crippen molar-refractivity contribution in [2.45, 2.75) is 52.7 Å². The van der Waals surface area contributed by atoms with Gasteiger partial charge in [-0.3, -0.25) is 4.68 Å². The number of aryl methyl sites for hydroxylation is 2. The normalized spacial score (nSPS) is 15.1. The molecule has 1 unspecified atom stereocenters. The zero-order valence-electron chi connectivity index (χ0n) is 12.3. The van der Waals surface area contributed by atoms with Crippen LogP contribution in [0.5, 0.6) is 0 Å². The van der Waals surface area contributed by atoms with E-state index in [1.54, 1.807) is 0 Å². The lowest BCUT2D eigenvalue weighted by molar-refractivity contribution is 0.0383. The van der Waals surface area contributed by atoms with E-state index >= 15 is 0 Å². The van der Waals surface area contributed by atoms with Crippen LogP contribution in [0.2, 0.25) is 0 Å². The Morgan fingerprint density at radius 1 is 1.50 bits per heavy atom. The quantitative estimate of drug-likeness (QED) is 0.780. The Kier molecular flexibility index (Phi) is 5.35.